The number of nitrogens with one attached hydrogen (secondary N) is 2. The second kappa shape index (κ2) is 12.0. The highest BCUT2D eigenvalue weighted by Crippen LogP contribution is 2.30. The Balaban J connectivity index is 1.22. The van der Waals surface area contributed by atoms with Gasteiger partial charge in [-0.15, -0.1) is 11.3 Å². The zero-order valence-electron chi connectivity index (χ0n) is 22.0. The van der Waals surface area contributed by atoms with E-state index >= 15 is 0 Å². The number of carbonyl (C=O) groups excluding carboxylic acids is 3. The van der Waals surface area contributed by atoms with E-state index in [9.17, 15) is 14.4 Å². The highest BCUT2D eigenvalue weighted by Gasteiger charge is 2.29. The third kappa shape index (κ3) is 6.85. The maximum atomic E-state index is 12.6. The van der Waals surface area contributed by atoms with Gasteiger partial charge in [-0.2, -0.15) is 0 Å². The maximum absolute atomic E-state index is 12.6. The third-order valence-corrected chi connectivity index (χ3v) is 8.25. The zero-order valence-corrected chi connectivity index (χ0v) is 22.8. The summed E-state index contributed by atoms with van der Waals surface area (Å²) in [6, 6.07) is 5.51. The van der Waals surface area contributed by atoms with Crippen molar-refractivity contribution >= 4 is 29.1 Å². The van der Waals surface area contributed by atoms with Crippen LogP contribution in [0, 0.1) is 13.8 Å². The van der Waals surface area contributed by atoms with Crippen LogP contribution in [0.1, 0.15) is 45.4 Å². The van der Waals surface area contributed by atoms with E-state index in [1.54, 1.807) is 5.38 Å². The third-order valence-electron chi connectivity index (χ3n) is 7.25. The van der Waals surface area contributed by atoms with Gasteiger partial charge in [0.2, 0.25) is 0 Å². The first-order valence-electron chi connectivity index (χ1n) is 12.6. The van der Waals surface area contributed by atoms with Crippen LogP contribution in [0.15, 0.2) is 23.6 Å². The van der Waals surface area contributed by atoms with Gasteiger partial charge in [0.1, 0.15) is 17.5 Å². The van der Waals surface area contributed by atoms with Gasteiger partial charge in [0.05, 0.1) is 5.01 Å². The molecule has 1 aromatic carbocycles. The number of amides is 3. The lowest BCUT2D eigenvalue weighted by Crippen LogP contribution is -2.59. The van der Waals surface area contributed by atoms with Gasteiger partial charge >= 0.3 is 0 Å². The highest BCUT2D eigenvalue weighted by atomic mass is 32.1. The van der Waals surface area contributed by atoms with E-state index in [0.29, 0.717) is 25.4 Å². The number of hydrogen-bond donors (Lipinski definition) is 2. The Kier molecular flexibility index (Phi) is 8.78. The van der Waals surface area contributed by atoms with E-state index < -0.39 is 5.91 Å². The Hall–Kier alpha value is -3.02. The average molecular weight is 529 g/mol. The van der Waals surface area contributed by atoms with Crippen LogP contribution in [0.3, 0.4) is 0 Å². The molecular formula is C26H36N6O4S. The number of hydrazine groups is 1. The number of hydrogen-bond acceptors (Lipinski definition) is 8. The second-order valence-corrected chi connectivity index (χ2v) is 10.9. The van der Waals surface area contributed by atoms with E-state index in [4.69, 9.17) is 4.74 Å². The number of ether oxygens (including phenoxy) is 1. The fourth-order valence-electron chi connectivity index (χ4n) is 4.55. The molecule has 3 amide bonds. The molecule has 2 aromatic rings. The summed E-state index contributed by atoms with van der Waals surface area (Å²) in [7, 11) is 3.88. The summed E-state index contributed by atoms with van der Waals surface area (Å²) in [5.41, 5.74) is 7.65. The van der Waals surface area contributed by atoms with Gasteiger partial charge < -0.3 is 14.5 Å². The predicted molar refractivity (Wildman–Crippen MR) is 142 cm³/mol. The molecule has 200 valence electrons. The number of likely N-dealkylation sites (N-methyl/N-ethyl adjacent to an activating group) is 2. The minimum Gasteiger partial charge on any atom is -0.484 e. The number of aryl methyl sites for hydroxylation is 2. The van der Waals surface area contributed by atoms with Crippen LogP contribution in [0.25, 0.3) is 0 Å². The molecule has 4 rings (SSSR count). The van der Waals surface area contributed by atoms with Crippen LogP contribution < -0.4 is 15.6 Å². The number of nitrogens with zero attached hydrogens (tertiary/aromatic N) is 4. The summed E-state index contributed by atoms with van der Waals surface area (Å²) in [6.07, 6.45) is 1.56. The molecule has 0 radical (unpaired) electrons. The Bertz CT molecular complexity index is 1130. The molecule has 0 aliphatic carbocycles. The lowest BCUT2D eigenvalue weighted by atomic mass is 9.97. The first-order valence-corrected chi connectivity index (χ1v) is 13.5. The lowest BCUT2D eigenvalue weighted by Gasteiger charge is -2.36. The normalized spacial score (nSPS) is 19.5. The lowest BCUT2D eigenvalue weighted by molar-refractivity contribution is -0.134. The summed E-state index contributed by atoms with van der Waals surface area (Å²) in [6.45, 7) is 7.64. The number of carbonyl (C=O) groups is 3. The monoisotopic (exact) mass is 528 g/mol. The fourth-order valence-corrected chi connectivity index (χ4v) is 5.53. The number of likely N-dealkylation sites (tertiary alicyclic amines) is 1. The Labute approximate surface area is 221 Å². The Morgan fingerprint density at radius 3 is 2.54 bits per heavy atom. The number of piperidine rings is 1. The van der Waals surface area contributed by atoms with Gasteiger partial charge in [-0.25, -0.2) is 4.98 Å². The number of aromatic nitrogens is 1. The van der Waals surface area contributed by atoms with Crippen molar-refractivity contribution in [2.24, 2.45) is 0 Å². The molecule has 0 saturated carbocycles. The van der Waals surface area contributed by atoms with Crippen molar-refractivity contribution in [1.29, 1.82) is 0 Å². The van der Waals surface area contributed by atoms with Gasteiger partial charge in [0.25, 0.3) is 17.7 Å². The summed E-state index contributed by atoms with van der Waals surface area (Å²) in [5, 5.41) is 2.59. The average Bonchev–Trinajstić information content (AvgIpc) is 3.39. The van der Waals surface area contributed by atoms with E-state index in [1.165, 1.54) is 16.9 Å². The molecule has 1 atom stereocenters. The number of piperazine rings is 1. The van der Waals surface area contributed by atoms with E-state index in [2.05, 4.69) is 20.7 Å². The van der Waals surface area contributed by atoms with Gasteiger partial charge in [0.15, 0.2) is 6.61 Å². The molecule has 2 fully saturated rings. The summed E-state index contributed by atoms with van der Waals surface area (Å²) < 4.78 is 5.71. The van der Waals surface area contributed by atoms with Crippen molar-refractivity contribution in [2.45, 2.75) is 38.6 Å². The molecule has 2 aliphatic heterocycles. The molecule has 3 heterocycles. The molecule has 10 nitrogen and oxygen atoms in total. The SMILES string of the molecule is Cc1ccc(OCC(=O)N2CCC(c3nc(C(=O)NNC(=O)C4CN(C)CCN4C)cs3)CC2)cc1C. The molecule has 2 aliphatic rings. The number of thiazole rings is 1. The standard InChI is InChI=1S/C26H36N6O4S/c1-17-5-6-20(13-18(17)2)36-15-23(33)32-9-7-19(8-10-32)26-27-21(16-37-26)24(34)28-29-25(35)22-14-30(3)11-12-31(22)4/h5-6,13,16,19,22H,7-12,14-15H2,1-4H3,(H,28,34)(H,29,35). The van der Waals surface area contributed by atoms with Gasteiger partial charge in [-0.1, -0.05) is 6.07 Å². The Morgan fingerprint density at radius 2 is 1.81 bits per heavy atom. The first kappa shape index (κ1) is 27.0. The van der Waals surface area contributed by atoms with Crippen molar-refractivity contribution in [3.63, 3.8) is 0 Å². The molecule has 11 heteroatoms. The van der Waals surface area contributed by atoms with Crippen LogP contribution in [0.2, 0.25) is 0 Å². The predicted octanol–water partition coefficient (Wildman–Crippen LogP) is 1.55. The minimum absolute atomic E-state index is 0.0212. The van der Waals surface area contributed by atoms with Crippen LogP contribution in [-0.4, -0.2) is 96.9 Å². The van der Waals surface area contributed by atoms with Gasteiger partial charge in [-0.05, 0) is 64.0 Å². The second-order valence-electron chi connectivity index (χ2n) is 9.96. The summed E-state index contributed by atoms with van der Waals surface area (Å²) in [5.74, 6) is 0.197. The zero-order chi connectivity index (χ0) is 26.5. The molecule has 2 saturated heterocycles. The van der Waals surface area contributed by atoms with E-state index in [-0.39, 0.29) is 36.1 Å². The van der Waals surface area contributed by atoms with Gasteiger partial charge in [-0.3, -0.25) is 30.1 Å². The van der Waals surface area contributed by atoms with E-state index in [0.717, 1.165) is 36.5 Å². The largest absolute Gasteiger partial charge is 0.484 e. The molecule has 0 bridgehead atoms. The van der Waals surface area contributed by atoms with Crippen LogP contribution in [0.4, 0.5) is 0 Å². The minimum atomic E-state index is -0.432. The highest BCUT2D eigenvalue weighted by molar-refractivity contribution is 7.09. The number of rotatable bonds is 6. The molecule has 1 aromatic heterocycles. The van der Waals surface area contributed by atoms with E-state index in [1.807, 2.05) is 55.9 Å². The van der Waals surface area contributed by atoms with Crippen molar-refractivity contribution in [3.8, 4) is 5.75 Å². The van der Waals surface area contributed by atoms with Crippen LogP contribution in [-0.2, 0) is 9.59 Å². The van der Waals surface area contributed by atoms with Crippen molar-refractivity contribution in [1.82, 2.24) is 30.5 Å². The fraction of sp³-hybridized carbons (Fsp3) is 0.538. The molecule has 1 unspecified atom stereocenters. The molecule has 2 N–H and O–H groups in total. The van der Waals surface area contributed by atoms with Gasteiger partial charge in [0, 0.05) is 44.0 Å². The maximum Gasteiger partial charge on any atom is 0.289 e. The summed E-state index contributed by atoms with van der Waals surface area (Å²) in [4.78, 5) is 48.2. The van der Waals surface area contributed by atoms with Crippen LogP contribution >= 0.6 is 11.3 Å². The van der Waals surface area contributed by atoms with Crippen molar-refractivity contribution < 1.29 is 19.1 Å². The topological polar surface area (TPSA) is 107 Å². The molecule has 0 spiro atoms. The quantitative estimate of drug-likeness (QED) is 0.548. The molecular weight excluding hydrogens is 492 g/mol. The summed E-state index contributed by atoms with van der Waals surface area (Å²) >= 11 is 1.44. The first-order chi connectivity index (χ1) is 17.7. The molecule has 37 heavy (non-hydrogen) atoms. The van der Waals surface area contributed by atoms with Crippen molar-refractivity contribution in [2.75, 3.05) is 53.4 Å². The Morgan fingerprint density at radius 1 is 1.05 bits per heavy atom. The van der Waals surface area contributed by atoms with Crippen LogP contribution in [0.5, 0.6) is 5.75 Å². The van der Waals surface area contributed by atoms with Crippen molar-refractivity contribution in [3.05, 3.63) is 45.4 Å². The number of benzene rings is 1. The smallest absolute Gasteiger partial charge is 0.289 e.